The van der Waals surface area contributed by atoms with Gasteiger partial charge in [0.1, 0.15) is 23.7 Å². The average Bonchev–Trinajstić information content (AvgIpc) is 3.21. The number of hydrogen-bond acceptors (Lipinski definition) is 6. The van der Waals surface area contributed by atoms with E-state index in [0.29, 0.717) is 11.5 Å². The summed E-state index contributed by atoms with van der Waals surface area (Å²) in [4.78, 5) is 24.8. The molecule has 2 aromatic rings. The minimum atomic E-state index is -0.924. The molecule has 2 heterocycles. The predicted octanol–water partition coefficient (Wildman–Crippen LogP) is 4.79. The lowest BCUT2D eigenvalue weighted by Gasteiger charge is -2.31. The average molecular weight is 511 g/mol. The second kappa shape index (κ2) is 11.9. The van der Waals surface area contributed by atoms with E-state index in [1.807, 2.05) is 24.3 Å². The molecule has 3 unspecified atom stereocenters. The summed E-state index contributed by atoms with van der Waals surface area (Å²) in [5.41, 5.74) is 2.58. The fraction of sp³-hybridized carbons (Fsp3) is 0.517. The van der Waals surface area contributed by atoms with Crippen molar-refractivity contribution >= 4 is 17.6 Å². The van der Waals surface area contributed by atoms with Crippen LogP contribution in [0.5, 0.6) is 11.5 Å². The van der Waals surface area contributed by atoms with E-state index in [9.17, 15) is 9.59 Å². The largest absolute Gasteiger partial charge is 0.490 e. The third-order valence-corrected chi connectivity index (χ3v) is 7.24. The van der Waals surface area contributed by atoms with Crippen molar-refractivity contribution in [2.45, 2.75) is 64.2 Å². The fourth-order valence-electron chi connectivity index (χ4n) is 4.97. The topological polar surface area (TPSA) is 97.3 Å². The van der Waals surface area contributed by atoms with Crippen LogP contribution in [-0.2, 0) is 9.53 Å². The number of rotatable bonds is 10. The molecule has 0 aliphatic carbocycles. The summed E-state index contributed by atoms with van der Waals surface area (Å²) in [6.07, 6.45) is 1.87. The number of carbonyl (C=O) groups is 2. The van der Waals surface area contributed by atoms with Crippen LogP contribution in [0.2, 0.25) is 0 Å². The smallest absolute Gasteiger partial charge is 0.305 e. The number of carbonyl (C=O) groups excluding carboxylic acids is 1. The van der Waals surface area contributed by atoms with Crippen molar-refractivity contribution in [2.75, 3.05) is 32.1 Å². The first-order chi connectivity index (χ1) is 17.7. The van der Waals surface area contributed by atoms with Crippen molar-refractivity contribution < 1.29 is 28.9 Å². The molecule has 2 N–H and O–H groups in total. The number of aliphatic carboxylic acids is 1. The van der Waals surface area contributed by atoms with E-state index in [4.69, 9.17) is 19.3 Å². The molecule has 1 saturated heterocycles. The first-order valence-corrected chi connectivity index (χ1v) is 13.1. The van der Waals surface area contributed by atoms with Gasteiger partial charge in [0, 0.05) is 49.2 Å². The number of benzene rings is 2. The van der Waals surface area contributed by atoms with Crippen LogP contribution in [0.4, 0.5) is 5.69 Å². The molecule has 2 aromatic carbocycles. The Balaban J connectivity index is 1.41. The highest BCUT2D eigenvalue weighted by Crippen LogP contribution is 2.43. The highest BCUT2D eigenvalue weighted by molar-refractivity contribution is 5.94. The van der Waals surface area contributed by atoms with Gasteiger partial charge in [-0.2, -0.15) is 0 Å². The molecule has 8 heteroatoms. The van der Waals surface area contributed by atoms with Crippen LogP contribution in [0.1, 0.15) is 61.9 Å². The van der Waals surface area contributed by atoms with Gasteiger partial charge in [0.25, 0.3) is 5.91 Å². The molecule has 3 atom stereocenters. The van der Waals surface area contributed by atoms with Gasteiger partial charge in [0.2, 0.25) is 0 Å². The normalized spacial score (nSPS) is 20.1. The summed E-state index contributed by atoms with van der Waals surface area (Å²) < 4.78 is 18.1. The Kier molecular flexibility index (Phi) is 8.59. The standard InChI is InChI=1S/C29H38N2O6/c1-18(2)27(30-21-7-5-20(6-8-21)29(34)31(4)14-11-26(32)33)28-19(3)24-17-23(9-10-25(24)37-28)36-22-12-15-35-16-13-22/h5-10,17-19,22,27-28,30H,11-16H2,1-4H3,(H,32,33). The van der Waals surface area contributed by atoms with E-state index in [2.05, 4.69) is 32.2 Å². The maximum Gasteiger partial charge on any atom is 0.305 e. The predicted molar refractivity (Wildman–Crippen MR) is 142 cm³/mol. The van der Waals surface area contributed by atoms with Crippen LogP contribution in [0.3, 0.4) is 0 Å². The van der Waals surface area contributed by atoms with E-state index in [0.717, 1.165) is 48.8 Å². The number of carboxylic acid groups (broad SMARTS) is 1. The Morgan fingerprint density at radius 1 is 1.14 bits per heavy atom. The van der Waals surface area contributed by atoms with Crippen molar-refractivity contribution in [1.82, 2.24) is 4.90 Å². The van der Waals surface area contributed by atoms with Crippen LogP contribution in [0.25, 0.3) is 0 Å². The molecular weight excluding hydrogens is 472 g/mol. The summed E-state index contributed by atoms with van der Waals surface area (Å²) in [5, 5.41) is 12.5. The molecular formula is C29H38N2O6. The van der Waals surface area contributed by atoms with Crippen LogP contribution >= 0.6 is 0 Å². The van der Waals surface area contributed by atoms with Gasteiger partial charge >= 0.3 is 5.97 Å². The highest BCUT2D eigenvalue weighted by atomic mass is 16.5. The Morgan fingerprint density at radius 2 is 1.84 bits per heavy atom. The van der Waals surface area contributed by atoms with Crippen molar-refractivity contribution in [3.05, 3.63) is 53.6 Å². The maximum atomic E-state index is 12.6. The number of nitrogens with one attached hydrogen (secondary N) is 1. The van der Waals surface area contributed by atoms with Gasteiger partial charge in [-0.1, -0.05) is 20.8 Å². The molecule has 2 aliphatic heterocycles. The van der Waals surface area contributed by atoms with Gasteiger partial charge in [-0.3, -0.25) is 9.59 Å². The minimum Gasteiger partial charge on any atom is -0.490 e. The number of carboxylic acids is 1. The van der Waals surface area contributed by atoms with Gasteiger partial charge in [0.15, 0.2) is 0 Å². The molecule has 1 fully saturated rings. The Hall–Kier alpha value is -3.26. The molecule has 0 aromatic heterocycles. The van der Waals surface area contributed by atoms with E-state index >= 15 is 0 Å². The van der Waals surface area contributed by atoms with E-state index < -0.39 is 5.97 Å². The maximum absolute atomic E-state index is 12.6. The van der Waals surface area contributed by atoms with E-state index in [1.54, 1.807) is 19.2 Å². The Morgan fingerprint density at radius 3 is 2.49 bits per heavy atom. The number of ether oxygens (including phenoxy) is 3. The second-order valence-corrected chi connectivity index (χ2v) is 10.4. The molecule has 0 spiro atoms. The van der Waals surface area contributed by atoms with Crippen molar-refractivity contribution in [2.24, 2.45) is 5.92 Å². The minimum absolute atomic E-state index is 0.0436. The zero-order valence-electron chi connectivity index (χ0n) is 22.1. The van der Waals surface area contributed by atoms with Gasteiger partial charge in [0.05, 0.1) is 25.7 Å². The molecule has 37 heavy (non-hydrogen) atoms. The molecule has 8 nitrogen and oxygen atoms in total. The Bertz CT molecular complexity index is 1080. The summed E-state index contributed by atoms with van der Waals surface area (Å²) in [7, 11) is 1.61. The molecule has 2 aliphatic rings. The quantitative estimate of drug-likeness (QED) is 0.474. The van der Waals surface area contributed by atoms with E-state index in [-0.39, 0.29) is 43.0 Å². The van der Waals surface area contributed by atoms with Crippen LogP contribution in [-0.4, -0.2) is 66.9 Å². The Labute approximate surface area is 218 Å². The lowest BCUT2D eigenvalue weighted by molar-refractivity contribution is -0.137. The summed E-state index contributed by atoms with van der Waals surface area (Å²) >= 11 is 0. The molecule has 0 radical (unpaired) electrons. The summed E-state index contributed by atoms with van der Waals surface area (Å²) in [6, 6.07) is 13.5. The second-order valence-electron chi connectivity index (χ2n) is 10.4. The third kappa shape index (κ3) is 6.55. The third-order valence-electron chi connectivity index (χ3n) is 7.24. The van der Waals surface area contributed by atoms with Crippen molar-refractivity contribution in [1.29, 1.82) is 0 Å². The van der Waals surface area contributed by atoms with E-state index in [1.165, 1.54) is 4.90 Å². The number of amides is 1. The summed E-state index contributed by atoms with van der Waals surface area (Å²) in [6.45, 7) is 8.20. The van der Waals surface area contributed by atoms with Crippen molar-refractivity contribution in [3.63, 3.8) is 0 Å². The van der Waals surface area contributed by atoms with Crippen LogP contribution in [0.15, 0.2) is 42.5 Å². The van der Waals surface area contributed by atoms with Crippen LogP contribution < -0.4 is 14.8 Å². The molecule has 0 saturated carbocycles. The van der Waals surface area contributed by atoms with Gasteiger partial charge in [-0.15, -0.1) is 0 Å². The zero-order valence-corrected chi connectivity index (χ0v) is 22.1. The van der Waals surface area contributed by atoms with Crippen molar-refractivity contribution in [3.8, 4) is 11.5 Å². The van der Waals surface area contributed by atoms with Gasteiger partial charge < -0.3 is 29.5 Å². The molecule has 0 bridgehead atoms. The SMILES string of the molecule is CC(C)C(Nc1ccc(C(=O)N(C)CCC(=O)O)cc1)C1Oc2ccc(OC3CCOCC3)cc2C1C. The van der Waals surface area contributed by atoms with Gasteiger partial charge in [-0.25, -0.2) is 0 Å². The lowest BCUT2D eigenvalue weighted by atomic mass is 9.87. The molecule has 1 amide bonds. The van der Waals surface area contributed by atoms with Crippen LogP contribution in [0, 0.1) is 5.92 Å². The molecule has 200 valence electrons. The fourth-order valence-corrected chi connectivity index (χ4v) is 4.97. The monoisotopic (exact) mass is 510 g/mol. The zero-order chi connectivity index (χ0) is 26.5. The van der Waals surface area contributed by atoms with Gasteiger partial charge in [-0.05, 0) is 48.4 Å². The number of hydrogen-bond donors (Lipinski definition) is 2. The lowest BCUT2D eigenvalue weighted by Crippen LogP contribution is -2.42. The first kappa shape index (κ1) is 26.8. The summed E-state index contributed by atoms with van der Waals surface area (Å²) in [5.74, 6) is 1.13. The molecule has 4 rings (SSSR count). The first-order valence-electron chi connectivity index (χ1n) is 13.1. The number of nitrogens with zero attached hydrogens (tertiary/aromatic N) is 1. The number of fused-ring (bicyclic) bond motifs is 1. The highest BCUT2D eigenvalue weighted by Gasteiger charge is 2.38. The number of anilines is 1.